The Morgan fingerprint density at radius 1 is 0.857 bits per heavy atom. The van der Waals surface area contributed by atoms with Crippen molar-refractivity contribution in [3.63, 3.8) is 0 Å². The molecule has 42 heavy (non-hydrogen) atoms. The maximum Gasteiger partial charge on any atom is 0.192 e. The molecule has 12 atom stereocenters. The zero-order valence-electron chi connectivity index (χ0n) is 29.1. The quantitative estimate of drug-likeness (QED) is 0.272. The first kappa shape index (κ1) is 33.6. The molecule has 0 saturated heterocycles. The van der Waals surface area contributed by atoms with Crippen molar-refractivity contribution in [3.8, 4) is 0 Å². The first-order chi connectivity index (χ1) is 19.0. The summed E-state index contributed by atoms with van der Waals surface area (Å²) >= 11 is 0. The molecule has 0 bridgehead atoms. The molecule has 0 aromatic carbocycles. The highest BCUT2D eigenvalue weighted by molar-refractivity contribution is 6.74. The zero-order chi connectivity index (χ0) is 31.7. The van der Waals surface area contributed by atoms with Gasteiger partial charge in [-0.3, -0.25) is 0 Å². The first-order valence-electron chi connectivity index (χ1n) is 16.9. The van der Waals surface area contributed by atoms with Gasteiger partial charge in [-0.15, -0.1) is 0 Å². The van der Waals surface area contributed by atoms with Crippen LogP contribution in [0, 0.1) is 39.9 Å². The van der Waals surface area contributed by atoms with E-state index in [1.165, 1.54) is 19.3 Å². The molecule has 0 amide bonds. The van der Waals surface area contributed by atoms with E-state index >= 15 is 0 Å². The van der Waals surface area contributed by atoms with E-state index in [1.54, 1.807) is 0 Å². The SMILES string of the molecule is CO[C@@H]1C[C@@H]2[C@H](CC[C@]3(C)[C@H]([C@@H](CO[Si](C)(C)C(C)(C)C)O[Si](C)(C)C(C)(C)C)[C@@H](O)[C@@H](O)[C@]23O)[C@@]2(C)CC[C@@H]3C[C@]312. The molecule has 0 heterocycles. The second-order valence-corrected chi connectivity index (χ2v) is 28.4. The highest BCUT2D eigenvalue weighted by Gasteiger charge is 2.81. The molecule has 0 radical (unpaired) electrons. The first-order valence-corrected chi connectivity index (χ1v) is 22.7. The van der Waals surface area contributed by atoms with Crippen LogP contribution in [-0.4, -0.2) is 75.7 Å². The monoisotopic (exact) mass is 624 g/mol. The Bertz CT molecular complexity index is 1050. The van der Waals surface area contributed by atoms with E-state index in [4.69, 9.17) is 13.6 Å². The molecular formula is C34H64O6Si2. The van der Waals surface area contributed by atoms with E-state index in [9.17, 15) is 15.3 Å². The summed E-state index contributed by atoms with van der Waals surface area (Å²) < 4.78 is 20.3. The van der Waals surface area contributed by atoms with E-state index in [0.717, 1.165) is 25.2 Å². The van der Waals surface area contributed by atoms with Crippen molar-refractivity contribution >= 4 is 16.6 Å². The number of hydrogen-bond donors (Lipinski definition) is 3. The summed E-state index contributed by atoms with van der Waals surface area (Å²) in [6, 6.07) is 0. The summed E-state index contributed by atoms with van der Waals surface area (Å²) in [7, 11) is -2.57. The van der Waals surface area contributed by atoms with Crippen molar-refractivity contribution in [3.05, 3.63) is 0 Å². The van der Waals surface area contributed by atoms with Crippen molar-refractivity contribution in [1.29, 1.82) is 0 Å². The van der Waals surface area contributed by atoms with Gasteiger partial charge in [0.2, 0.25) is 0 Å². The Labute approximate surface area is 258 Å². The van der Waals surface area contributed by atoms with Gasteiger partial charge in [-0.1, -0.05) is 55.4 Å². The molecule has 0 aliphatic heterocycles. The van der Waals surface area contributed by atoms with E-state index in [-0.39, 0.29) is 32.9 Å². The highest BCUT2D eigenvalue weighted by atomic mass is 28.4. The molecule has 5 saturated carbocycles. The average molecular weight is 625 g/mol. The van der Waals surface area contributed by atoms with Crippen LogP contribution < -0.4 is 0 Å². The van der Waals surface area contributed by atoms with E-state index < -0.39 is 51.9 Å². The number of hydrogen-bond acceptors (Lipinski definition) is 6. The van der Waals surface area contributed by atoms with Crippen LogP contribution in [-0.2, 0) is 13.6 Å². The van der Waals surface area contributed by atoms with Gasteiger partial charge in [-0.2, -0.15) is 0 Å². The summed E-state index contributed by atoms with van der Waals surface area (Å²) in [6.45, 7) is 27.5. The molecule has 6 nitrogen and oxygen atoms in total. The van der Waals surface area contributed by atoms with Crippen molar-refractivity contribution in [2.24, 2.45) is 39.9 Å². The summed E-state index contributed by atoms with van der Waals surface area (Å²) in [6.07, 6.45) is 3.55. The van der Waals surface area contributed by atoms with Gasteiger partial charge in [0.15, 0.2) is 16.6 Å². The third kappa shape index (κ3) is 4.27. The summed E-state index contributed by atoms with van der Waals surface area (Å²) in [5, 5.41) is 37.1. The number of aliphatic hydroxyl groups excluding tert-OH is 2. The minimum absolute atomic E-state index is 0.0273. The minimum atomic E-state index is -2.29. The van der Waals surface area contributed by atoms with Crippen LogP contribution in [0.15, 0.2) is 0 Å². The van der Waals surface area contributed by atoms with Crippen LogP contribution in [0.25, 0.3) is 0 Å². The van der Waals surface area contributed by atoms with Gasteiger partial charge in [0, 0.05) is 23.9 Å². The van der Waals surface area contributed by atoms with Gasteiger partial charge in [0.1, 0.15) is 11.7 Å². The van der Waals surface area contributed by atoms with Gasteiger partial charge in [-0.05, 0) is 98.0 Å². The topological polar surface area (TPSA) is 88.4 Å². The minimum Gasteiger partial charge on any atom is -0.414 e. The predicted octanol–water partition coefficient (Wildman–Crippen LogP) is 6.74. The lowest BCUT2D eigenvalue weighted by Crippen LogP contribution is -2.68. The Balaban J connectivity index is 1.54. The van der Waals surface area contributed by atoms with E-state index in [1.807, 2.05) is 7.11 Å². The van der Waals surface area contributed by atoms with Crippen LogP contribution in [0.5, 0.6) is 0 Å². The molecule has 1 spiro atoms. The molecular weight excluding hydrogens is 561 g/mol. The normalized spacial score (nSPS) is 47.9. The third-order valence-electron chi connectivity index (χ3n) is 15.3. The second kappa shape index (κ2) is 9.85. The number of fused-ring (bicyclic) bond motifs is 4. The lowest BCUT2D eigenvalue weighted by molar-refractivity contribution is -0.254. The Morgan fingerprint density at radius 3 is 1.95 bits per heavy atom. The maximum absolute atomic E-state index is 13.0. The van der Waals surface area contributed by atoms with Crippen molar-refractivity contribution in [2.75, 3.05) is 13.7 Å². The number of methoxy groups -OCH3 is 1. The van der Waals surface area contributed by atoms with Crippen molar-refractivity contribution < 1.29 is 28.9 Å². The number of rotatable bonds is 7. The van der Waals surface area contributed by atoms with Gasteiger partial charge in [-0.25, -0.2) is 0 Å². The Hall–Kier alpha value is 0.194. The second-order valence-electron chi connectivity index (χ2n) is 18.8. The molecule has 0 unspecified atom stereocenters. The summed E-state index contributed by atoms with van der Waals surface area (Å²) in [5.74, 6) is 0.497. The highest BCUT2D eigenvalue weighted by Crippen LogP contribution is 2.82. The predicted molar refractivity (Wildman–Crippen MR) is 173 cm³/mol. The molecule has 5 aliphatic carbocycles. The smallest absolute Gasteiger partial charge is 0.192 e. The fraction of sp³-hybridized carbons (Fsp3) is 1.00. The molecule has 0 aromatic heterocycles. The largest absolute Gasteiger partial charge is 0.414 e. The average Bonchev–Trinajstić information content (AvgIpc) is 3.47. The molecule has 0 aromatic rings. The number of ether oxygens (including phenoxy) is 1. The Morgan fingerprint density at radius 2 is 1.43 bits per heavy atom. The maximum atomic E-state index is 13.0. The van der Waals surface area contributed by atoms with Crippen LogP contribution in [0.3, 0.4) is 0 Å². The van der Waals surface area contributed by atoms with Gasteiger partial charge in [0.05, 0.1) is 24.9 Å². The molecule has 8 heteroatoms. The van der Waals surface area contributed by atoms with Crippen LogP contribution in [0.2, 0.25) is 36.3 Å². The zero-order valence-corrected chi connectivity index (χ0v) is 31.1. The standard InChI is InChI=1S/C34H64O6Si2/c1-29(2,3)41(10,11)39-20-24(40-42(12,13)30(4,5)6)26-27(35)28(36)34(37)23-18-25(38-9)33-19-21(33)14-16-31(33,7)22(23)15-17-32(26,34)8/h21-28,35-37H,14-20H2,1-13H3/t21-,22+,23-,24-,25-,26-,27-,28-,31-,32-,33+,34-/m1/s1. The van der Waals surface area contributed by atoms with Crippen LogP contribution in [0.4, 0.5) is 0 Å². The van der Waals surface area contributed by atoms with E-state index in [0.29, 0.717) is 12.5 Å². The van der Waals surface area contributed by atoms with Gasteiger partial charge < -0.3 is 28.9 Å². The fourth-order valence-corrected chi connectivity index (χ4v) is 12.9. The summed E-state index contributed by atoms with van der Waals surface area (Å²) in [5.41, 5.74) is -1.80. The lowest BCUT2D eigenvalue weighted by atomic mass is 9.43. The van der Waals surface area contributed by atoms with Crippen molar-refractivity contribution in [1.82, 2.24) is 0 Å². The molecule has 5 fully saturated rings. The summed E-state index contributed by atoms with van der Waals surface area (Å²) in [4.78, 5) is 0. The third-order valence-corrected chi connectivity index (χ3v) is 24.3. The van der Waals surface area contributed by atoms with E-state index in [2.05, 4.69) is 81.6 Å². The van der Waals surface area contributed by atoms with Crippen molar-refractivity contribution in [2.45, 2.75) is 160 Å². The Kier molecular flexibility index (Phi) is 7.87. The lowest BCUT2D eigenvalue weighted by Gasteiger charge is -2.64. The van der Waals surface area contributed by atoms with Crippen LogP contribution in [0.1, 0.15) is 93.9 Å². The van der Waals surface area contributed by atoms with Gasteiger partial charge in [0.25, 0.3) is 0 Å². The molecule has 5 aliphatic rings. The van der Waals surface area contributed by atoms with Crippen LogP contribution >= 0.6 is 0 Å². The van der Waals surface area contributed by atoms with Gasteiger partial charge >= 0.3 is 0 Å². The molecule has 3 N–H and O–H groups in total. The number of aliphatic hydroxyl groups is 3. The fourth-order valence-electron chi connectivity index (χ4n) is 10.6. The molecule has 5 rings (SSSR count). The molecule has 244 valence electrons.